The van der Waals surface area contributed by atoms with E-state index in [0.29, 0.717) is 6.42 Å². The van der Waals surface area contributed by atoms with Crippen LogP contribution < -0.4 is 5.32 Å². The molecule has 1 aromatic carbocycles. The van der Waals surface area contributed by atoms with Crippen molar-refractivity contribution in [1.29, 1.82) is 0 Å². The number of allylic oxidation sites excluding steroid dienone is 4. The molecule has 1 N–H and O–H groups in total. The molecule has 0 fully saturated rings. The molecule has 116 valence electrons. The highest BCUT2D eigenvalue weighted by molar-refractivity contribution is 8.03. The van der Waals surface area contributed by atoms with E-state index in [1.807, 2.05) is 0 Å². The highest BCUT2D eigenvalue weighted by Crippen LogP contribution is 2.50. The predicted molar refractivity (Wildman–Crippen MR) is 90.2 cm³/mol. The van der Waals surface area contributed by atoms with Crippen LogP contribution in [0.15, 0.2) is 40.1 Å². The molecule has 1 unspecified atom stereocenters. The first-order valence-electron chi connectivity index (χ1n) is 7.84. The summed E-state index contributed by atoms with van der Waals surface area (Å²) in [4.78, 5) is 13.8. The van der Waals surface area contributed by atoms with Gasteiger partial charge in [-0.15, -0.1) is 18.2 Å². The van der Waals surface area contributed by atoms with E-state index in [9.17, 15) is 9.18 Å². The van der Waals surface area contributed by atoms with Crippen LogP contribution in [0.25, 0.3) is 0 Å². The summed E-state index contributed by atoms with van der Waals surface area (Å²) < 4.78 is 13.8. The zero-order valence-electron chi connectivity index (χ0n) is 12.6. The van der Waals surface area contributed by atoms with Gasteiger partial charge in [0.05, 0.1) is 5.56 Å². The van der Waals surface area contributed by atoms with Crippen molar-refractivity contribution in [3.63, 3.8) is 0 Å². The molecule has 23 heavy (non-hydrogen) atoms. The van der Waals surface area contributed by atoms with Crippen molar-refractivity contribution in [2.45, 2.75) is 31.6 Å². The minimum Gasteiger partial charge on any atom is -0.361 e. The second-order valence-corrected chi connectivity index (χ2v) is 7.19. The number of terminal acetylenes is 1. The van der Waals surface area contributed by atoms with E-state index in [-0.39, 0.29) is 23.1 Å². The van der Waals surface area contributed by atoms with Gasteiger partial charge in [0, 0.05) is 40.0 Å². The minimum absolute atomic E-state index is 0.0887. The van der Waals surface area contributed by atoms with Gasteiger partial charge in [-0.3, -0.25) is 4.79 Å². The van der Waals surface area contributed by atoms with Gasteiger partial charge in [0.1, 0.15) is 5.82 Å². The Morgan fingerprint density at radius 2 is 2.13 bits per heavy atom. The van der Waals surface area contributed by atoms with Gasteiger partial charge in [-0.05, 0) is 37.0 Å². The highest BCUT2D eigenvalue weighted by atomic mass is 32.2. The van der Waals surface area contributed by atoms with Crippen molar-refractivity contribution in [3.05, 3.63) is 57.0 Å². The van der Waals surface area contributed by atoms with Gasteiger partial charge < -0.3 is 5.32 Å². The van der Waals surface area contributed by atoms with Crippen molar-refractivity contribution in [2.75, 3.05) is 5.75 Å². The van der Waals surface area contributed by atoms with Crippen LogP contribution in [0, 0.1) is 18.2 Å². The van der Waals surface area contributed by atoms with E-state index < -0.39 is 0 Å². The van der Waals surface area contributed by atoms with Gasteiger partial charge in [0.15, 0.2) is 5.78 Å². The number of nitrogens with one attached hydrogen (secondary N) is 1. The molecule has 4 heteroatoms. The van der Waals surface area contributed by atoms with Gasteiger partial charge in [-0.1, -0.05) is 12.0 Å². The van der Waals surface area contributed by atoms with Crippen molar-refractivity contribution in [3.8, 4) is 12.3 Å². The second kappa shape index (κ2) is 5.58. The van der Waals surface area contributed by atoms with E-state index in [2.05, 4.69) is 11.2 Å². The summed E-state index contributed by atoms with van der Waals surface area (Å²) in [7, 11) is 0. The van der Waals surface area contributed by atoms with Crippen LogP contribution in [0.2, 0.25) is 0 Å². The van der Waals surface area contributed by atoms with Crippen LogP contribution >= 0.6 is 11.8 Å². The Morgan fingerprint density at radius 1 is 1.26 bits per heavy atom. The molecule has 0 amide bonds. The molecule has 0 spiro atoms. The van der Waals surface area contributed by atoms with Gasteiger partial charge in [0.2, 0.25) is 0 Å². The Kier molecular flexibility index (Phi) is 3.54. The molecule has 2 aliphatic heterocycles. The molecule has 1 aromatic rings. The number of halogens is 1. The molecule has 4 rings (SSSR count). The van der Waals surface area contributed by atoms with E-state index in [4.69, 9.17) is 6.42 Å². The number of hydrogen-bond donors (Lipinski definition) is 1. The lowest BCUT2D eigenvalue weighted by atomic mass is 9.79. The smallest absolute Gasteiger partial charge is 0.161 e. The summed E-state index contributed by atoms with van der Waals surface area (Å²) in [6.45, 7) is 0. The zero-order valence-corrected chi connectivity index (χ0v) is 13.4. The first-order chi connectivity index (χ1) is 11.2. The summed E-state index contributed by atoms with van der Waals surface area (Å²) in [6.07, 6.45) is 8.80. The second-order valence-electron chi connectivity index (χ2n) is 6.05. The molecule has 2 heterocycles. The average Bonchev–Trinajstić information content (AvgIpc) is 3.02. The maximum absolute atomic E-state index is 13.8. The first kappa shape index (κ1) is 14.6. The molecule has 0 aromatic heterocycles. The summed E-state index contributed by atoms with van der Waals surface area (Å²) in [5.74, 6) is 3.15. The Morgan fingerprint density at radius 3 is 2.96 bits per heavy atom. The molecule has 3 aliphatic rings. The van der Waals surface area contributed by atoms with Crippen LogP contribution in [0.3, 0.4) is 0 Å². The quantitative estimate of drug-likeness (QED) is 0.795. The molecule has 1 aliphatic carbocycles. The van der Waals surface area contributed by atoms with Crippen LogP contribution in [-0.2, 0) is 4.79 Å². The normalized spacial score (nSPS) is 23.3. The lowest BCUT2D eigenvalue weighted by Crippen LogP contribution is -2.30. The van der Waals surface area contributed by atoms with Crippen LogP contribution in [-0.4, -0.2) is 11.5 Å². The van der Waals surface area contributed by atoms with Crippen LogP contribution in [0.5, 0.6) is 0 Å². The number of carbonyl (C=O) groups is 1. The standard InChI is InChI=1S/C19H16FNOS/c1-2-11-10-12(6-7-13(11)20)17-18-14(4-3-5-16(18)22)21-15-8-9-23-19(15)17/h1,6-7,10,17,21H,3-5,8-9H2. The van der Waals surface area contributed by atoms with E-state index in [1.54, 1.807) is 23.9 Å². The fourth-order valence-corrected chi connectivity index (χ4v) is 4.92. The Hall–Kier alpha value is -1.99. The fraction of sp³-hybridized carbons (Fsp3) is 0.316. The molecular formula is C19H16FNOS. The Bertz CT molecular complexity index is 815. The van der Waals surface area contributed by atoms with Crippen molar-refractivity contribution in [2.24, 2.45) is 0 Å². The van der Waals surface area contributed by atoms with E-state index >= 15 is 0 Å². The molecule has 1 atom stereocenters. The Labute approximate surface area is 139 Å². The first-order valence-corrected chi connectivity index (χ1v) is 8.82. The lowest BCUT2D eigenvalue weighted by Gasteiger charge is -2.33. The number of dihydropyridines is 1. The van der Waals surface area contributed by atoms with Gasteiger partial charge >= 0.3 is 0 Å². The van der Waals surface area contributed by atoms with Crippen LogP contribution in [0.1, 0.15) is 42.7 Å². The van der Waals surface area contributed by atoms with Gasteiger partial charge in [-0.2, -0.15) is 0 Å². The summed E-state index contributed by atoms with van der Waals surface area (Å²) in [5.41, 5.74) is 4.32. The number of hydrogen-bond acceptors (Lipinski definition) is 3. The third-order valence-corrected chi connectivity index (χ3v) is 5.90. The number of Topliss-reactive ketones (excluding diaryl/α,β-unsaturated/α-hetero) is 1. The number of thioether (sulfide) groups is 1. The maximum Gasteiger partial charge on any atom is 0.161 e. The molecule has 0 radical (unpaired) electrons. The zero-order chi connectivity index (χ0) is 16.0. The molecule has 2 nitrogen and oxygen atoms in total. The molecule has 0 bridgehead atoms. The van der Waals surface area contributed by atoms with Crippen molar-refractivity contribution in [1.82, 2.24) is 5.32 Å². The van der Waals surface area contributed by atoms with Gasteiger partial charge in [-0.25, -0.2) is 4.39 Å². The van der Waals surface area contributed by atoms with Crippen molar-refractivity contribution >= 4 is 17.5 Å². The maximum atomic E-state index is 13.8. The van der Waals surface area contributed by atoms with Crippen LogP contribution in [0.4, 0.5) is 4.39 Å². The summed E-state index contributed by atoms with van der Waals surface area (Å²) in [5, 5.41) is 3.49. The topological polar surface area (TPSA) is 29.1 Å². The number of benzene rings is 1. The largest absolute Gasteiger partial charge is 0.361 e. The van der Waals surface area contributed by atoms with Gasteiger partial charge in [0.25, 0.3) is 0 Å². The van der Waals surface area contributed by atoms with E-state index in [0.717, 1.165) is 41.8 Å². The monoisotopic (exact) mass is 325 g/mol. The molecule has 0 saturated carbocycles. The average molecular weight is 325 g/mol. The summed E-state index contributed by atoms with van der Waals surface area (Å²) in [6, 6.07) is 4.91. The predicted octanol–water partition coefficient (Wildman–Crippen LogP) is 3.85. The summed E-state index contributed by atoms with van der Waals surface area (Å²) >= 11 is 1.79. The number of rotatable bonds is 1. The number of ketones is 1. The van der Waals surface area contributed by atoms with Crippen molar-refractivity contribution < 1.29 is 9.18 Å². The molecular weight excluding hydrogens is 309 g/mol. The number of carbonyl (C=O) groups excluding carboxylic acids is 1. The minimum atomic E-state index is -0.386. The van der Waals surface area contributed by atoms with E-state index in [1.165, 1.54) is 16.7 Å². The SMILES string of the molecule is C#Cc1cc(C2C3=C(CCS3)NC3=C2C(=O)CCC3)ccc1F. The third-order valence-electron chi connectivity index (χ3n) is 4.70. The highest BCUT2D eigenvalue weighted by Gasteiger charge is 2.38. The fourth-order valence-electron chi connectivity index (χ4n) is 3.65. The Balaban J connectivity index is 1.88. The third kappa shape index (κ3) is 2.31. The molecule has 0 saturated heterocycles. The lowest BCUT2D eigenvalue weighted by molar-refractivity contribution is -0.116.